The number of benzene rings is 1. The van der Waals surface area contributed by atoms with Crippen LogP contribution in [0.3, 0.4) is 0 Å². The Morgan fingerprint density at radius 1 is 1.40 bits per heavy atom. The summed E-state index contributed by atoms with van der Waals surface area (Å²) in [6.07, 6.45) is 0.747. The second-order valence-electron chi connectivity index (χ2n) is 6.29. The molecule has 1 fully saturated rings. The predicted octanol–water partition coefficient (Wildman–Crippen LogP) is 2.30. The summed E-state index contributed by atoms with van der Waals surface area (Å²) in [6.45, 7) is 6.35. The highest BCUT2D eigenvalue weighted by Crippen LogP contribution is 2.18. The smallest absolute Gasteiger partial charge is 0.272 e. The molecule has 1 amide bonds. The molecule has 2 aromatic rings. The third-order valence-corrected chi connectivity index (χ3v) is 4.44. The van der Waals surface area contributed by atoms with Crippen molar-refractivity contribution < 1.29 is 14.3 Å². The van der Waals surface area contributed by atoms with Gasteiger partial charge in [-0.3, -0.25) is 9.48 Å². The number of carbonyl (C=O) groups excluding carboxylic acids is 1. The van der Waals surface area contributed by atoms with Crippen molar-refractivity contribution in [3.8, 4) is 5.75 Å². The van der Waals surface area contributed by atoms with E-state index >= 15 is 0 Å². The molecule has 134 valence electrons. The van der Waals surface area contributed by atoms with Crippen molar-refractivity contribution in [2.24, 2.45) is 0 Å². The Morgan fingerprint density at radius 3 is 3.00 bits per heavy atom. The molecule has 25 heavy (non-hydrogen) atoms. The van der Waals surface area contributed by atoms with Gasteiger partial charge in [-0.1, -0.05) is 12.1 Å². The predicted molar refractivity (Wildman–Crippen MR) is 95.0 cm³/mol. The topological polar surface area (TPSA) is 56.6 Å². The first-order valence-electron chi connectivity index (χ1n) is 8.69. The van der Waals surface area contributed by atoms with Crippen LogP contribution in [0.4, 0.5) is 0 Å². The van der Waals surface area contributed by atoms with Crippen molar-refractivity contribution in [2.45, 2.75) is 32.9 Å². The van der Waals surface area contributed by atoms with E-state index in [9.17, 15) is 4.79 Å². The molecule has 0 aliphatic carbocycles. The van der Waals surface area contributed by atoms with Crippen LogP contribution in [0.25, 0.3) is 0 Å². The van der Waals surface area contributed by atoms with Crippen molar-refractivity contribution in [3.63, 3.8) is 0 Å². The lowest BCUT2D eigenvalue weighted by atomic mass is 10.1. The summed E-state index contributed by atoms with van der Waals surface area (Å²) < 4.78 is 12.9. The van der Waals surface area contributed by atoms with Gasteiger partial charge in [0.2, 0.25) is 0 Å². The van der Waals surface area contributed by atoms with Gasteiger partial charge >= 0.3 is 0 Å². The number of ether oxygens (including phenoxy) is 2. The Bertz CT molecular complexity index is 741. The van der Waals surface area contributed by atoms with Gasteiger partial charge in [-0.25, -0.2) is 0 Å². The highest BCUT2D eigenvalue weighted by molar-refractivity contribution is 5.92. The Labute approximate surface area is 148 Å². The summed E-state index contributed by atoms with van der Waals surface area (Å²) >= 11 is 0. The Kier molecular flexibility index (Phi) is 5.38. The number of methoxy groups -OCH3 is 1. The highest BCUT2D eigenvalue weighted by atomic mass is 16.5. The standard InChI is InChI=1S/C19H25N3O3/c1-4-22-18(10-14(2)20-22)19(23)21-8-9-25-17(13-21)12-15-6-5-7-16(11-15)24-3/h5-7,10-11,17H,4,8-9,12-13H2,1-3H3/t17-/m0/s1. The van der Waals surface area contributed by atoms with Gasteiger partial charge in [-0.05, 0) is 37.6 Å². The minimum atomic E-state index is -0.0103. The maximum Gasteiger partial charge on any atom is 0.272 e. The fourth-order valence-electron chi connectivity index (χ4n) is 3.21. The van der Waals surface area contributed by atoms with Gasteiger partial charge in [0.25, 0.3) is 5.91 Å². The normalized spacial score (nSPS) is 17.6. The third kappa shape index (κ3) is 4.02. The van der Waals surface area contributed by atoms with E-state index < -0.39 is 0 Å². The molecule has 0 spiro atoms. The number of aromatic nitrogens is 2. The average molecular weight is 343 g/mol. The number of carbonyl (C=O) groups is 1. The SMILES string of the molecule is CCn1nc(C)cc1C(=O)N1CCO[C@@H](Cc2cccc(OC)c2)C1. The van der Waals surface area contributed by atoms with E-state index in [4.69, 9.17) is 9.47 Å². The minimum Gasteiger partial charge on any atom is -0.497 e. The fourth-order valence-corrected chi connectivity index (χ4v) is 3.21. The first-order valence-corrected chi connectivity index (χ1v) is 8.69. The van der Waals surface area contributed by atoms with Crippen LogP contribution in [0.2, 0.25) is 0 Å². The largest absolute Gasteiger partial charge is 0.497 e. The molecule has 0 saturated carbocycles. The zero-order valence-corrected chi connectivity index (χ0v) is 15.1. The lowest BCUT2D eigenvalue weighted by Gasteiger charge is -2.33. The lowest BCUT2D eigenvalue weighted by Crippen LogP contribution is -2.46. The Hall–Kier alpha value is -2.34. The number of rotatable bonds is 5. The van der Waals surface area contributed by atoms with Gasteiger partial charge in [0.15, 0.2) is 0 Å². The molecule has 6 heteroatoms. The van der Waals surface area contributed by atoms with E-state index in [0.29, 0.717) is 31.9 Å². The summed E-state index contributed by atoms with van der Waals surface area (Å²) in [7, 11) is 1.66. The highest BCUT2D eigenvalue weighted by Gasteiger charge is 2.27. The van der Waals surface area contributed by atoms with E-state index in [1.807, 2.05) is 43.0 Å². The molecule has 0 unspecified atom stereocenters. The average Bonchev–Trinajstić information content (AvgIpc) is 3.02. The van der Waals surface area contributed by atoms with Crippen molar-refractivity contribution >= 4 is 5.91 Å². The van der Waals surface area contributed by atoms with Gasteiger partial charge in [0.05, 0.1) is 25.5 Å². The van der Waals surface area contributed by atoms with Crippen LogP contribution in [0.1, 0.15) is 28.7 Å². The molecule has 6 nitrogen and oxygen atoms in total. The van der Waals surface area contributed by atoms with Crippen LogP contribution >= 0.6 is 0 Å². The molecule has 1 aliphatic heterocycles. The molecule has 1 saturated heterocycles. The number of hydrogen-bond donors (Lipinski definition) is 0. The maximum atomic E-state index is 12.9. The van der Waals surface area contributed by atoms with Crippen molar-refractivity contribution in [3.05, 3.63) is 47.3 Å². The number of nitrogens with zero attached hydrogens (tertiary/aromatic N) is 3. The summed E-state index contributed by atoms with van der Waals surface area (Å²) in [6, 6.07) is 9.83. The number of hydrogen-bond acceptors (Lipinski definition) is 4. The van der Waals surface area contributed by atoms with Gasteiger partial charge < -0.3 is 14.4 Å². The van der Waals surface area contributed by atoms with Gasteiger partial charge in [-0.2, -0.15) is 5.10 Å². The van der Waals surface area contributed by atoms with Gasteiger partial charge in [0, 0.05) is 26.1 Å². The molecule has 0 radical (unpaired) electrons. The first-order chi connectivity index (χ1) is 12.1. The molecule has 0 bridgehead atoms. The van der Waals surface area contributed by atoms with E-state index in [2.05, 4.69) is 11.2 Å². The van der Waals surface area contributed by atoms with E-state index in [-0.39, 0.29) is 12.0 Å². The zero-order valence-electron chi connectivity index (χ0n) is 15.1. The molecular formula is C19H25N3O3. The number of morpholine rings is 1. The monoisotopic (exact) mass is 343 g/mol. The molecular weight excluding hydrogens is 318 g/mol. The summed E-state index contributed by atoms with van der Waals surface area (Å²) in [5.74, 6) is 0.866. The van der Waals surface area contributed by atoms with E-state index in [0.717, 1.165) is 23.4 Å². The Morgan fingerprint density at radius 2 is 2.24 bits per heavy atom. The molecule has 1 aromatic carbocycles. The number of amides is 1. The maximum absolute atomic E-state index is 12.9. The molecule has 2 heterocycles. The minimum absolute atomic E-state index is 0.0103. The summed E-state index contributed by atoms with van der Waals surface area (Å²) in [5, 5.41) is 4.37. The van der Waals surface area contributed by atoms with Crippen molar-refractivity contribution in [1.82, 2.24) is 14.7 Å². The second kappa shape index (κ2) is 7.70. The van der Waals surface area contributed by atoms with Gasteiger partial charge in [0.1, 0.15) is 11.4 Å². The molecule has 1 aromatic heterocycles. The van der Waals surface area contributed by atoms with Crippen molar-refractivity contribution in [2.75, 3.05) is 26.8 Å². The molecule has 1 atom stereocenters. The van der Waals surface area contributed by atoms with Crippen LogP contribution in [-0.4, -0.2) is 53.5 Å². The number of aryl methyl sites for hydroxylation is 2. The zero-order chi connectivity index (χ0) is 17.8. The summed E-state index contributed by atoms with van der Waals surface area (Å²) in [4.78, 5) is 14.8. The van der Waals surface area contributed by atoms with Crippen LogP contribution in [0.5, 0.6) is 5.75 Å². The third-order valence-electron chi connectivity index (χ3n) is 4.44. The van der Waals surface area contributed by atoms with Gasteiger partial charge in [-0.15, -0.1) is 0 Å². The first kappa shape index (κ1) is 17.5. The van der Waals surface area contributed by atoms with Crippen LogP contribution in [0.15, 0.2) is 30.3 Å². The summed E-state index contributed by atoms with van der Waals surface area (Å²) in [5.41, 5.74) is 2.67. The molecule has 0 N–H and O–H groups in total. The lowest BCUT2D eigenvalue weighted by molar-refractivity contribution is -0.0212. The van der Waals surface area contributed by atoms with Crippen LogP contribution in [-0.2, 0) is 17.7 Å². The Balaban J connectivity index is 1.69. The van der Waals surface area contributed by atoms with Crippen molar-refractivity contribution in [1.29, 1.82) is 0 Å². The van der Waals surface area contributed by atoms with Crippen LogP contribution in [0, 0.1) is 6.92 Å². The van der Waals surface area contributed by atoms with Crippen LogP contribution < -0.4 is 4.74 Å². The molecule has 3 rings (SSSR count). The fraction of sp³-hybridized carbons (Fsp3) is 0.474. The second-order valence-corrected chi connectivity index (χ2v) is 6.29. The molecule has 1 aliphatic rings. The van der Waals surface area contributed by atoms with E-state index in [1.165, 1.54) is 0 Å². The van der Waals surface area contributed by atoms with E-state index in [1.54, 1.807) is 11.8 Å². The quantitative estimate of drug-likeness (QED) is 0.836.